The van der Waals surface area contributed by atoms with E-state index in [-0.39, 0.29) is 23.5 Å². The summed E-state index contributed by atoms with van der Waals surface area (Å²) in [6.07, 6.45) is 0.556. The predicted molar refractivity (Wildman–Crippen MR) is 91.6 cm³/mol. The number of anilines is 2. The number of benzene rings is 1. The minimum absolute atomic E-state index is 0.00584. The second-order valence-corrected chi connectivity index (χ2v) is 8.33. The molecule has 0 radical (unpaired) electrons. The van der Waals surface area contributed by atoms with E-state index in [9.17, 15) is 13.2 Å². The number of nitrogens with zero attached hydrogens (tertiary/aromatic N) is 2. The smallest absolute Gasteiger partial charge is 0.242 e. The fraction of sp³-hybridized carbons (Fsp3) is 0.562. The number of fused-ring (bicyclic) bond motifs is 1. The molecule has 1 saturated heterocycles. The molecule has 3 rings (SSSR count). The minimum Gasteiger partial charge on any atom is -0.382 e. The molecule has 6 nitrogen and oxygen atoms in total. The normalized spacial score (nSPS) is 22.3. The highest BCUT2D eigenvalue weighted by molar-refractivity contribution is 7.91. The molecule has 1 N–H and O–H groups in total. The minimum atomic E-state index is -2.98. The molecule has 0 aromatic heterocycles. The van der Waals surface area contributed by atoms with Crippen LogP contribution >= 0.6 is 0 Å². The summed E-state index contributed by atoms with van der Waals surface area (Å²) < 4.78 is 23.4. The Labute approximate surface area is 137 Å². The molecule has 1 fully saturated rings. The molecular formula is C16H23N3O3S. The summed E-state index contributed by atoms with van der Waals surface area (Å²) in [7, 11) is -2.98. The van der Waals surface area contributed by atoms with Gasteiger partial charge < -0.3 is 15.1 Å². The van der Waals surface area contributed by atoms with Crippen molar-refractivity contribution in [1.29, 1.82) is 0 Å². The average molecular weight is 337 g/mol. The van der Waals surface area contributed by atoms with Crippen LogP contribution in [-0.4, -0.2) is 63.0 Å². The monoisotopic (exact) mass is 337 g/mol. The van der Waals surface area contributed by atoms with Crippen LogP contribution in [0.3, 0.4) is 0 Å². The molecular weight excluding hydrogens is 314 g/mol. The van der Waals surface area contributed by atoms with Gasteiger partial charge in [0, 0.05) is 25.7 Å². The van der Waals surface area contributed by atoms with Crippen molar-refractivity contribution in [2.75, 3.05) is 47.9 Å². The van der Waals surface area contributed by atoms with E-state index < -0.39 is 9.84 Å². The van der Waals surface area contributed by atoms with Crippen LogP contribution in [-0.2, 0) is 14.6 Å². The molecule has 2 aliphatic heterocycles. The second kappa shape index (κ2) is 6.39. The van der Waals surface area contributed by atoms with Gasteiger partial charge in [0.1, 0.15) is 0 Å². The SMILES string of the molecule is CCN(C(=O)CN1CCNc2ccccc21)C1CCS(=O)(=O)C1. The Morgan fingerprint density at radius 3 is 2.87 bits per heavy atom. The summed E-state index contributed by atoms with van der Waals surface area (Å²) in [6.45, 7) is 4.32. The van der Waals surface area contributed by atoms with Gasteiger partial charge in [0.05, 0.1) is 29.4 Å². The zero-order chi connectivity index (χ0) is 16.4. The zero-order valence-electron chi connectivity index (χ0n) is 13.4. The fourth-order valence-corrected chi connectivity index (χ4v) is 5.15. The number of hydrogen-bond acceptors (Lipinski definition) is 5. The number of sulfone groups is 1. The van der Waals surface area contributed by atoms with Crippen molar-refractivity contribution in [1.82, 2.24) is 4.90 Å². The van der Waals surface area contributed by atoms with E-state index in [0.29, 0.717) is 19.5 Å². The Morgan fingerprint density at radius 2 is 2.17 bits per heavy atom. The van der Waals surface area contributed by atoms with Crippen molar-refractivity contribution >= 4 is 27.1 Å². The van der Waals surface area contributed by atoms with Crippen LogP contribution in [0.15, 0.2) is 24.3 Å². The molecule has 7 heteroatoms. The van der Waals surface area contributed by atoms with Gasteiger partial charge in [0.15, 0.2) is 9.84 Å². The quantitative estimate of drug-likeness (QED) is 0.886. The highest BCUT2D eigenvalue weighted by Gasteiger charge is 2.34. The van der Waals surface area contributed by atoms with Gasteiger partial charge in [-0.05, 0) is 25.5 Å². The van der Waals surface area contributed by atoms with E-state index in [1.54, 1.807) is 4.90 Å². The molecule has 1 aromatic carbocycles. The van der Waals surface area contributed by atoms with Gasteiger partial charge in [-0.2, -0.15) is 0 Å². The largest absolute Gasteiger partial charge is 0.382 e. The maximum Gasteiger partial charge on any atom is 0.242 e. The van der Waals surface area contributed by atoms with Crippen LogP contribution in [0.1, 0.15) is 13.3 Å². The van der Waals surface area contributed by atoms with Crippen LogP contribution in [0.25, 0.3) is 0 Å². The predicted octanol–water partition coefficient (Wildman–Crippen LogP) is 0.954. The molecule has 2 heterocycles. The first-order valence-electron chi connectivity index (χ1n) is 8.08. The number of hydrogen-bond donors (Lipinski definition) is 1. The molecule has 1 aromatic rings. The van der Waals surface area contributed by atoms with E-state index in [1.807, 2.05) is 31.2 Å². The zero-order valence-corrected chi connectivity index (χ0v) is 14.2. The standard InChI is InChI=1S/C16H23N3O3S/c1-2-19(13-7-10-23(21,22)12-13)16(20)11-18-9-8-17-14-5-3-4-6-15(14)18/h3-6,13,17H,2,7-12H2,1H3. The molecule has 0 aliphatic carbocycles. The summed E-state index contributed by atoms with van der Waals surface area (Å²) in [5, 5.41) is 3.33. The molecule has 1 unspecified atom stereocenters. The summed E-state index contributed by atoms with van der Waals surface area (Å²) in [5.41, 5.74) is 2.07. The van der Waals surface area contributed by atoms with Gasteiger partial charge in [-0.3, -0.25) is 4.79 Å². The molecule has 1 atom stereocenters. The Hall–Kier alpha value is -1.76. The topological polar surface area (TPSA) is 69.7 Å². The van der Waals surface area contributed by atoms with Crippen LogP contribution in [0.5, 0.6) is 0 Å². The second-order valence-electron chi connectivity index (χ2n) is 6.10. The van der Waals surface area contributed by atoms with Crippen LogP contribution in [0, 0.1) is 0 Å². The lowest BCUT2D eigenvalue weighted by molar-refractivity contribution is -0.131. The van der Waals surface area contributed by atoms with Crippen molar-refractivity contribution in [3.05, 3.63) is 24.3 Å². The fourth-order valence-electron chi connectivity index (χ4n) is 3.42. The molecule has 0 bridgehead atoms. The number of rotatable bonds is 4. The maximum absolute atomic E-state index is 12.7. The van der Waals surface area contributed by atoms with Gasteiger partial charge in [-0.15, -0.1) is 0 Å². The lowest BCUT2D eigenvalue weighted by Gasteiger charge is -2.34. The first-order chi connectivity index (χ1) is 11.0. The van der Waals surface area contributed by atoms with E-state index in [2.05, 4.69) is 10.2 Å². The average Bonchev–Trinajstić information content (AvgIpc) is 2.88. The highest BCUT2D eigenvalue weighted by Crippen LogP contribution is 2.28. The molecule has 2 aliphatic rings. The van der Waals surface area contributed by atoms with Gasteiger partial charge in [0.2, 0.25) is 5.91 Å². The van der Waals surface area contributed by atoms with Crippen molar-refractivity contribution in [3.63, 3.8) is 0 Å². The van der Waals surface area contributed by atoms with Crippen LogP contribution in [0.4, 0.5) is 11.4 Å². The molecule has 23 heavy (non-hydrogen) atoms. The summed E-state index contributed by atoms with van der Waals surface area (Å²) >= 11 is 0. The van der Waals surface area contributed by atoms with E-state index in [4.69, 9.17) is 0 Å². The third kappa shape index (κ3) is 3.44. The van der Waals surface area contributed by atoms with Crippen LogP contribution < -0.4 is 10.2 Å². The van der Waals surface area contributed by atoms with Gasteiger partial charge in [-0.25, -0.2) is 8.42 Å². The maximum atomic E-state index is 12.7. The Balaban J connectivity index is 1.71. The highest BCUT2D eigenvalue weighted by atomic mass is 32.2. The van der Waals surface area contributed by atoms with Crippen LogP contribution in [0.2, 0.25) is 0 Å². The van der Waals surface area contributed by atoms with E-state index >= 15 is 0 Å². The molecule has 126 valence electrons. The van der Waals surface area contributed by atoms with Gasteiger partial charge >= 0.3 is 0 Å². The number of carbonyl (C=O) groups excluding carboxylic acids is 1. The van der Waals surface area contributed by atoms with Crippen molar-refractivity contribution in [2.24, 2.45) is 0 Å². The summed E-state index contributed by atoms with van der Waals surface area (Å²) in [6, 6.07) is 7.78. The van der Waals surface area contributed by atoms with Gasteiger partial charge in [0.25, 0.3) is 0 Å². The summed E-state index contributed by atoms with van der Waals surface area (Å²) in [5.74, 6) is 0.300. The third-order valence-electron chi connectivity index (χ3n) is 4.58. The molecule has 0 saturated carbocycles. The van der Waals surface area contributed by atoms with Crippen molar-refractivity contribution < 1.29 is 13.2 Å². The lowest BCUT2D eigenvalue weighted by Crippen LogP contribution is -2.48. The number of carbonyl (C=O) groups is 1. The third-order valence-corrected chi connectivity index (χ3v) is 6.33. The van der Waals surface area contributed by atoms with Crippen molar-refractivity contribution in [3.8, 4) is 0 Å². The molecule has 0 spiro atoms. The lowest BCUT2D eigenvalue weighted by atomic mass is 10.2. The Bertz CT molecular complexity index is 690. The molecule has 1 amide bonds. The Kier molecular flexibility index (Phi) is 4.48. The van der Waals surface area contributed by atoms with Gasteiger partial charge in [-0.1, -0.05) is 12.1 Å². The number of para-hydroxylation sites is 2. The summed E-state index contributed by atoms with van der Waals surface area (Å²) in [4.78, 5) is 16.5. The number of amides is 1. The first kappa shape index (κ1) is 16.1. The van der Waals surface area contributed by atoms with E-state index in [0.717, 1.165) is 24.5 Å². The number of likely N-dealkylation sites (N-methyl/N-ethyl adjacent to an activating group) is 1. The Morgan fingerprint density at radius 1 is 1.39 bits per heavy atom. The van der Waals surface area contributed by atoms with E-state index in [1.165, 1.54) is 0 Å². The first-order valence-corrected chi connectivity index (χ1v) is 9.90. The number of nitrogens with one attached hydrogen (secondary N) is 1. The van der Waals surface area contributed by atoms with Crippen molar-refractivity contribution in [2.45, 2.75) is 19.4 Å².